The molecule has 2 rings (SSSR count). The molecule has 8 heteroatoms. The molecule has 0 spiro atoms. The van der Waals surface area contributed by atoms with Crippen LogP contribution in [0.3, 0.4) is 0 Å². The van der Waals surface area contributed by atoms with Gasteiger partial charge in [-0.25, -0.2) is 4.79 Å². The van der Waals surface area contributed by atoms with Crippen LogP contribution in [0, 0.1) is 0 Å². The zero-order chi connectivity index (χ0) is 18.6. The first-order chi connectivity index (χ1) is 12.7. The molecule has 1 fully saturated rings. The summed E-state index contributed by atoms with van der Waals surface area (Å²) in [6.45, 7) is 7.43. The van der Waals surface area contributed by atoms with Crippen LogP contribution in [0.1, 0.15) is 45.3 Å². The van der Waals surface area contributed by atoms with E-state index in [-0.39, 0.29) is 30.1 Å². The maximum Gasteiger partial charge on any atom is 0.409 e. The van der Waals surface area contributed by atoms with Gasteiger partial charge in [0.05, 0.1) is 12.9 Å². The lowest BCUT2D eigenvalue weighted by molar-refractivity contribution is 0.0963. The number of furan rings is 1. The summed E-state index contributed by atoms with van der Waals surface area (Å²) in [7, 11) is 0. The van der Waals surface area contributed by atoms with E-state index >= 15 is 0 Å². The van der Waals surface area contributed by atoms with Gasteiger partial charge in [0.2, 0.25) is 0 Å². The number of hydrogen-bond acceptors (Lipinski definition) is 4. The molecule has 1 amide bonds. The fourth-order valence-corrected chi connectivity index (χ4v) is 2.87. The van der Waals surface area contributed by atoms with Gasteiger partial charge in [-0.15, -0.1) is 24.0 Å². The molecule has 1 aromatic rings. The summed E-state index contributed by atoms with van der Waals surface area (Å²) < 4.78 is 10.4. The van der Waals surface area contributed by atoms with Crippen molar-refractivity contribution in [3.63, 3.8) is 0 Å². The first-order valence-electron chi connectivity index (χ1n) is 9.71. The predicted molar refractivity (Wildman–Crippen MR) is 118 cm³/mol. The minimum absolute atomic E-state index is 0. The quantitative estimate of drug-likeness (QED) is 0.252. The van der Waals surface area contributed by atoms with E-state index in [1.807, 2.05) is 19.1 Å². The van der Waals surface area contributed by atoms with Crippen LogP contribution in [0.25, 0.3) is 0 Å². The third-order valence-electron chi connectivity index (χ3n) is 4.39. The lowest BCUT2D eigenvalue weighted by Gasteiger charge is -2.32. The van der Waals surface area contributed by atoms with Gasteiger partial charge in [0.25, 0.3) is 0 Å². The highest BCUT2D eigenvalue weighted by Gasteiger charge is 2.24. The van der Waals surface area contributed by atoms with Gasteiger partial charge in [-0.05, 0) is 38.3 Å². The van der Waals surface area contributed by atoms with Crippen LogP contribution in [-0.2, 0) is 11.2 Å². The molecular weight excluding hydrogens is 459 g/mol. The lowest BCUT2D eigenvalue weighted by atomic mass is 10.1. The van der Waals surface area contributed by atoms with Crippen molar-refractivity contribution < 1.29 is 13.9 Å². The fourth-order valence-electron chi connectivity index (χ4n) is 2.87. The average molecular weight is 492 g/mol. The van der Waals surface area contributed by atoms with Gasteiger partial charge in [-0.1, -0.05) is 13.3 Å². The summed E-state index contributed by atoms with van der Waals surface area (Å²) in [5.74, 6) is 1.81. The third-order valence-corrected chi connectivity index (χ3v) is 4.39. The largest absolute Gasteiger partial charge is 0.469 e. The minimum Gasteiger partial charge on any atom is -0.469 e. The topological polar surface area (TPSA) is 79.1 Å². The molecular formula is C19H33IN4O3. The molecule has 0 aromatic carbocycles. The van der Waals surface area contributed by atoms with Gasteiger partial charge in [0.1, 0.15) is 5.76 Å². The zero-order valence-electron chi connectivity index (χ0n) is 16.4. The molecule has 0 saturated carbocycles. The second-order valence-corrected chi connectivity index (χ2v) is 6.44. The summed E-state index contributed by atoms with van der Waals surface area (Å²) in [6.07, 6.45) is 6.30. The number of hydrogen-bond donors (Lipinski definition) is 2. The first-order valence-corrected chi connectivity index (χ1v) is 9.71. The summed E-state index contributed by atoms with van der Waals surface area (Å²) in [5.41, 5.74) is 0. The number of unbranched alkanes of at least 4 members (excludes halogenated alkanes) is 1. The second kappa shape index (κ2) is 13.7. The second-order valence-electron chi connectivity index (χ2n) is 6.44. The maximum absolute atomic E-state index is 11.8. The molecule has 0 radical (unpaired) electrons. The highest BCUT2D eigenvalue weighted by molar-refractivity contribution is 14.0. The van der Waals surface area contributed by atoms with Gasteiger partial charge >= 0.3 is 6.09 Å². The Morgan fingerprint density at radius 2 is 2.15 bits per heavy atom. The molecule has 0 aliphatic carbocycles. The highest BCUT2D eigenvalue weighted by Crippen LogP contribution is 2.11. The first kappa shape index (κ1) is 23.6. The van der Waals surface area contributed by atoms with E-state index in [0.717, 1.165) is 56.9 Å². The van der Waals surface area contributed by atoms with Crippen LogP contribution in [0.2, 0.25) is 0 Å². The average Bonchev–Trinajstić information content (AvgIpc) is 3.16. The Bertz CT molecular complexity index is 543. The molecule has 1 saturated heterocycles. The van der Waals surface area contributed by atoms with Crippen LogP contribution in [0.5, 0.6) is 0 Å². The standard InChI is InChI=1S/C19H32N4O3.HI/c1-3-5-11-20-18(21-12-8-17-7-6-15-26-17)22-16-9-13-23(14-10-16)19(24)25-4-2;/h6-7,15-16H,3-5,8-14H2,1-2H3,(H2,20,21,22);1H. The van der Waals surface area contributed by atoms with Crippen molar-refractivity contribution in [2.45, 2.75) is 52.0 Å². The molecule has 1 aliphatic rings. The number of carbonyl (C=O) groups is 1. The number of guanidine groups is 1. The van der Waals surface area contributed by atoms with E-state index in [1.165, 1.54) is 0 Å². The normalized spacial score (nSPS) is 15.2. The Morgan fingerprint density at radius 1 is 1.37 bits per heavy atom. The number of nitrogens with one attached hydrogen (secondary N) is 2. The van der Waals surface area contributed by atoms with E-state index in [0.29, 0.717) is 25.7 Å². The minimum atomic E-state index is -0.209. The number of nitrogens with zero attached hydrogens (tertiary/aromatic N) is 2. The van der Waals surface area contributed by atoms with Crippen LogP contribution in [-0.4, -0.2) is 55.8 Å². The van der Waals surface area contributed by atoms with Crippen molar-refractivity contribution in [3.05, 3.63) is 24.2 Å². The Labute approximate surface area is 179 Å². The van der Waals surface area contributed by atoms with Crippen LogP contribution in [0.15, 0.2) is 27.8 Å². The summed E-state index contributed by atoms with van der Waals surface area (Å²) in [4.78, 5) is 18.2. The molecule has 1 aliphatic heterocycles. The molecule has 154 valence electrons. The van der Waals surface area contributed by atoms with Crippen molar-refractivity contribution in [1.29, 1.82) is 0 Å². The molecule has 0 bridgehead atoms. The monoisotopic (exact) mass is 492 g/mol. The molecule has 1 aromatic heterocycles. The van der Waals surface area contributed by atoms with E-state index < -0.39 is 0 Å². The number of halogens is 1. The van der Waals surface area contributed by atoms with E-state index in [4.69, 9.17) is 9.15 Å². The maximum atomic E-state index is 11.8. The number of amides is 1. The number of likely N-dealkylation sites (tertiary alicyclic amines) is 1. The number of piperidine rings is 1. The van der Waals surface area contributed by atoms with E-state index in [1.54, 1.807) is 11.2 Å². The molecule has 0 atom stereocenters. The SMILES string of the molecule is CCCCN=C(NCCc1ccco1)NC1CCN(C(=O)OCC)CC1.I. The Hall–Kier alpha value is -1.45. The number of rotatable bonds is 8. The van der Waals surface area contributed by atoms with Gasteiger partial charge in [-0.3, -0.25) is 4.99 Å². The fraction of sp³-hybridized carbons (Fsp3) is 0.684. The molecule has 7 nitrogen and oxygen atoms in total. The van der Waals surface area contributed by atoms with Crippen LogP contribution in [0.4, 0.5) is 4.79 Å². The zero-order valence-corrected chi connectivity index (χ0v) is 18.7. The summed E-state index contributed by atoms with van der Waals surface area (Å²) in [5, 5.41) is 6.91. The molecule has 2 heterocycles. The Balaban J connectivity index is 0.00000364. The highest BCUT2D eigenvalue weighted by atomic mass is 127. The van der Waals surface area contributed by atoms with E-state index in [9.17, 15) is 4.79 Å². The van der Waals surface area contributed by atoms with Crippen LogP contribution < -0.4 is 10.6 Å². The number of carbonyl (C=O) groups excluding carboxylic acids is 1. The predicted octanol–water partition coefficient (Wildman–Crippen LogP) is 3.40. The van der Waals surface area contributed by atoms with Crippen molar-refractivity contribution in [1.82, 2.24) is 15.5 Å². The molecule has 0 unspecified atom stereocenters. The van der Waals surface area contributed by atoms with Gasteiger partial charge in [0.15, 0.2) is 5.96 Å². The Morgan fingerprint density at radius 3 is 2.78 bits per heavy atom. The number of aliphatic imine (C=N–C) groups is 1. The van der Waals surface area contributed by atoms with Crippen molar-refractivity contribution in [2.24, 2.45) is 4.99 Å². The van der Waals surface area contributed by atoms with Crippen molar-refractivity contribution in [2.75, 3.05) is 32.8 Å². The molecule has 2 N–H and O–H groups in total. The smallest absolute Gasteiger partial charge is 0.409 e. The van der Waals surface area contributed by atoms with Gasteiger partial charge < -0.3 is 24.7 Å². The lowest BCUT2D eigenvalue weighted by Crippen LogP contribution is -2.50. The summed E-state index contributed by atoms with van der Waals surface area (Å²) in [6, 6.07) is 4.20. The van der Waals surface area contributed by atoms with Gasteiger partial charge in [0, 0.05) is 38.6 Å². The molecule has 27 heavy (non-hydrogen) atoms. The number of ether oxygens (including phenoxy) is 1. The van der Waals surface area contributed by atoms with Crippen LogP contribution >= 0.6 is 24.0 Å². The van der Waals surface area contributed by atoms with Crippen molar-refractivity contribution >= 4 is 36.0 Å². The van der Waals surface area contributed by atoms with Gasteiger partial charge in [-0.2, -0.15) is 0 Å². The summed E-state index contributed by atoms with van der Waals surface area (Å²) >= 11 is 0. The Kier molecular flexibility index (Phi) is 12.0. The third kappa shape index (κ3) is 8.85. The van der Waals surface area contributed by atoms with Crippen molar-refractivity contribution in [3.8, 4) is 0 Å². The van der Waals surface area contributed by atoms with E-state index in [2.05, 4.69) is 22.5 Å².